The van der Waals surface area contributed by atoms with Crippen LogP contribution in [0, 0.1) is 25.7 Å². The van der Waals surface area contributed by atoms with Crippen LogP contribution in [0.4, 0.5) is 23.0 Å². The summed E-state index contributed by atoms with van der Waals surface area (Å²) in [7, 11) is 3.83. The molecule has 5 aromatic rings. The Morgan fingerprint density at radius 3 is 2.52 bits per heavy atom. The van der Waals surface area contributed by atoms with Crippen molar-refractivity contribution in [3.63, 3.8) is 0 Å². The zero-order chi connectivity index (χ0) is 33.1. The van der Waals surface area contributed by atoms with E-state index in [2.05, 4.69) is 74.2 Å². The number of para-hydroxylation sites is 1. The van der Waals surface area contributed by atoms with E-state index in [1.807, 2.05) is 32.2 Å². The third kappa shape index (κ3) is 5.28. The fourth-order valence-electron chi connectivity index (χ4n) is 7.67. The maximum absolute atomic E-state index is 12.6. The van der Waals surface area contributed by atoms with E-state index in [0.29, 0.717) is 46.7 Å². The van der Waals surface area contributed by atoms with Gasteiger partial charge in [0.1, 0.15) is 11.5 Å². The summed E-state index contributed by atoms with van der Waals surface area (Å²) < 4.78 is 13.9. The van der Waals surface area contributed by atoms with Gasteiger partial charge in [-0.25, -0.2) is 9.97 Å². The number of fused-ring (bicyclic) bond motifs is 2. The lowest BCUT2D eigenvalue weighted by Crippen LogP contribution is -2.27. The number of likely N-dealkylation sites (tertiary alicyclic amines) is 1. The maximum atomic E-state index is 12.6. The first-order valence-electron chi connectivity index (χ1n) is 16.6. The summed E-state index contributed by atoms with van der Waals surface area (Å²) in [6.07, 6.45) is 7.68. The number of nitrogens with one attached hydrogen (secondary N) is 2. The number of hydrogen-bond acceptors (Lipinski definition) is 9. The molecule has 0 spiro atoms. The standard InChI is InChI=1S/C37H40N8O3/c1-6-34(46)39-29-13-30(33(47-5)14-32(29)44-18-23-16-43(4)17-24(23)19-44)40-37-38-15-27(35-21(2)42-48-22(35)3)36(41-37)28-20-45(25-11-12-25)31-10-8-7-9-26(28)31/h6-10,13-15,20,23-25H,1,11-12,16-19H2,2-5H3,(H,39,46)(H,38,40,41)/t23-,24+. The maximum Gasteiger partial charge on any atom is 0.247 e. The molecule has 48 heavy (non-hydrogen) atoms. The molecule has 2 aromatic carbocycles. The molecule has 11 nitrogen and oxygen atoms in total. The van der Waals surface area contributed by atoms with Crippen molar-refractivity contribution in [2.75, 3.05) is 55.9 Å². The van der Waals surface area contributed by atoms with Gasteiger partial charge in [0.2, 0.25) is 11.9 Å². The molecule has 2 atom stereocenters. The molecule has 0 bridgehead atoms. The number of hydrogen-bond donors (Lipinski definition) is 2. The molecule has 1 saturated carbocycles. The highest BCUT2D eigenvalue weighted by Crippen LogP contribution is 2.45. The summed E-state index contributed by atoms with van der Waals surface area (Å²) in [5, 5.41) is 11.8. The third-order valence-corrected chi connectivity index (χ3v) is 10.0. The van der Waals surface area contributed by atoms with Crippen LogP contribution in [0.25, 0.3) is 33.3 Å². The predicted molar refractivity (Wildman–Crippen MR) is 188 cm³/mol. The Hall–Kier alpha value is -5.16. The lowest BCUT2D eigenvalue weighted by atomic mass is 9.99. The Bertz CT molecular complexity index is 2030. The molecular weight excluding hydrogens is 604 g/mol. The highest BCUT2D eigenvalue weighted by atomic mass is 16.5. The average molecular weight is 645 g/mol. The van der Waals surface area contributed by atoms with E-state index >= 15 is 0 Å². The number of methoxy groups -OCH3 is 1. The average Bonchev–Trinajstić information content (AvgIpc) is 3.42. The fraction of sp³-hybridized carbons (Fsp3) is 0.351. The molecule has 0 unspecified atom stereocenters. The summed E-state index contributed by atoms with van der Waals surface area (Å²) in [4.78, 5) is 27.3. The van der Waals surface area contributed by atoms with Crippen molar-refractivity contribution in [3.8, 4) is 28.1 Å². The van der Waals surface area contributed by atoms with Crippen LogP contribution in [0.1, 0.15) is 30.3 Å². The van der Waals surface area contributed by atoms with Gasteiger partial charge in [-0.1, -0.05) is 29.9 Å². The van der Waals surface area contributed by atoms with Crippen molar-refractivity contribution in [2.24, 2.45) is 11.8 Å². The number of carbonyl (C=O) groups excluding carboxylic acids is 1. The number of rotatable bonds is 9. The van der Waals surface area contributed by atoms with Crippen LogP contribution in [-0.2, 0) is 4.79 Å². The zero-order valence-corrected chi connectivity index (χ0v) is 27.8. The van der Waals surface area contributed by atoms with E-state index in [9.17, 15) is 4.79 Å². The second-order valence-electron chi connectivity index (χ2n) is 13.4. The highest BCUT2D eigenvalue weighted by molar-refractivity contribution is 6.02. The number of aromatic nitrogens is 4. The summed E-state index contributed by atoms with van der Waals surface area (Å²) in [5.41, 5.74) is 7.73. The Labute approximate surface area is 279 Å². The molecule has 2 saturated heterocycles. The number of anilines is 4. The van der Waals surface area contributed by atoms with Crippen LogP contribution in [-0.4, -0.2) is 70.8 Å². The smallest absolute Gasteiger partial charge is 0.247 e. The van der Waals surface area contributed by atoms with E-state index < -0.39 is 0 Å². The van der Waals surface area contributed by atoms with Crippen molar-refractivity contribution < 1.29 is 14.1 Å². The minimum absolute atomic E-state index is 0.277. The lowest BCUT2D eigenvalue weighted by Gasteiger charge is -2.26. The van der Waals surface area contributed by atoms with Gasteiger partial charge in [0, 0.05) is 72.7 Å². The largest absolute Gasteiger partial charge is 0.494 e. The highest BCUT2D eigenvalue weighted by Gasteiger charge is 2.39. The Morgan fingerprint density at radius 2 is 1.83 bits per heavy atom. The lowest BCUT2D eigenvalue weighted by molar-refractivity contribution is -0.111. The molecule has 2 aliphatic heterocycles. The normalized spacial score (nSPS) is 19.1. The van der Waals surface area contributed by atoms with E-state index in [1.165, 1.54) is 24.4 Å². The number of aryl methyl sites for hydroxylation is 2. The second-order valence-corrected chi connectivity index (χ2v) is 13.4. The summed E-state index contributed by atoms with van der Waals surface area (Å²) >= 11 is 0. The van der Waals surface area contributed by atoms with Crippen molar-refractivity contribution in [1.82, 2.24) is 24.6 Å². The monoisotopic (exact) mass is 644 g/mol. The first-order chi connectivity index (χ1) is 23.3. The van der Waals surface area contributed by atoms with Gasteiger partial charge in [-0.15, -0.1) is 0 Å². The molecule has 0 radical (unpaired) electrons. The van der Waals surface area contributed by atoms with Gasteiger partial charge in [0.05, 0.1) is 41.1 Å². The summed E-state index contributed by atoms with van der Waals surface area (Å²) in [6.45, 7) is 11.5. The molecule has 3 aromatic heterocycles. The zero-order valence-electron chi connectivity index (χ0n) is 27.8. The molecule has 3 fully saturated rings. The van der Waals surface area contributed by atoms with Gasteiger partial charge in [0.15, 0.2) is 0 Å². The van der Waals surface area contributed by atoms with Crippen LogP contribution in [0.2, 0.25) is 0 Å². The SMILES string of the molecule is C=CC(=O)Nc1cc(Nc2ncc(-c3c(C)noc3C)c(-c3cn(C4CC4)c4ccccc34)n2)c(OC)cc1N1C[C@H]2CN(C)C[C@H]2C1. The van der Waals surface area contributed by atoms with Gasteiger partial charge in [0.25, 0.3) is 0 Å². The molecule has 1 amide bonds. The van der Waals surface area contributed by atoms with E-state index in [-0.39, 0.29) is 5.91 Å². The van der Waals surface area contributed by atoms with Gasteiger partial charge in [-0.2, -0.15) is 0 Å². The van der Waals surface area contributed by atoms with Gasteiger partial charge >= 0.3 is 0 Å². The van der Waals surface area contributed by atoms with Crippen LogP contribution in [0.15, 0.2) is 66.0 Å². The molecule has 246 valence electrons. The van der Waals surface area contributed by atoms with E-state index in [4.69, 9.17) is 19.2 Å². The summed E-state index contributed by atoms with van der Waals surface area (Å²) in [6, 6.07) is 12.9. The third-order valence-electron chi connectivity index (χ3n) is 10.0. The van der Waals surface area contributed by atoms with E-state index in [0.717, 1.165) is 65.3 Å². The number of benzene rings is 2. The second kappa shape index (κ2) is 11.8. The van der Waals surface area contributed by atoms with Gasteiger partial charge in [-0.3, -0.25) is 4.79 Å². The van der Waals surface area contributed by atoms with Crippen molar-refractivity contribution >= 4 is 39.8 Å². The molecule has 11 heteroatoms. The Balaban J connectivity index is 1.22. The van der Waals surface area contributed by atoms with Crippen LogP contribution < -0.4 is 20.3 Å². The Kier molecular flexibility index (Phi) is 7.43. The van der Waals surface area contributed by atoms with Crippen LogP contribution >= 0.6 is 0 Å². The molecule has 2 N–H and O–H groups in total. The molecule has 8 rings (SSSR count). The van der Waals surface area contributed by atoms with Crippen LogP contribution in [0.5, 0.6) is 5.75 Å². The summed E-state index contributed by atoms with van der Waals surface area (Å²) in [5.74, 6) is 2.64. The molecule has 1 aliphatic carbocycles. The molecule has 3 aliphatic rings. The van der Waals surface area contributed by atoms with Crippen molar-refractivity contribution in [1.29, 1.82) is 0 Å². The topological polar surface area (TPSA) is 114 Å². The van der Waals surface area contributed by atoms with Crippen LogP contribution in [0.3, 0.4) is 0 Å². The number of nitrogens with zero attached hydrogens (tertiary/aromatic N) is 6. The van der Waals surface area contributed by atoms with Gasteiger partial charge in [-0.05, 0) is 63.8 Å². The number of amides is 1. The first-order valence-corrected chi connectivity index (χ1v) is 16.6. The Morgan fingerprint density at radius 1 is 1.06 bits per heavy atom. The fourth-order valence-corrected chi connectivity index (χ4v) is 7.67. The minimum atomic E-state index is -0.277. The van der Waals surface area contributed by atoms with Gasteiger partial charge < -0.3 is 34.3 Å². The predicted octanol–water partition coefficient (Wildman–Crippen LogP) is 6.58. The number of carbonyl (C=O) groups is 1. The first kappa shape index (κ1) is 30.2. The van der Waals surface area contributed by atoms with Crippen molar-refractivity contribution in [2.45, 2.75) is 32.7 Å². The number of ether oxygens (including phenoxy) is 1. The molecule has 5 heterocycles. The molecular formula is C37H40N8O3. The minimum Gasteiger partial charge on any atom is -0.494 e. The van der Waals surface area contributed by atoms with Crippen molar-refractivity contribution in [3.05, 3.63) is 72.9 Å². The van der Waals surface area contributed by atoms with E-state index in [1.54, 1.807) is 7.11 Å². The quantitative estimate of drug-likeness (QED) is 0.172.